The maximum atomic E-state index is 12.1. The lowest BCUT2D eigenvalue weighted by Gasteiger charge is -2.12. The molecule has 110 valence electrons. The van der Waals surface area contributed by atoms with E-state index in [1.54, 1.807) is 0 Å². The van der Waals surface area contributed by atoms with Crippen LogP contribution < -0.4 is 9.47 Å². The second-order valence-corrected chi connectivity index (χ2v) is 3.34. The molecule has 1 aromatic rings. The molecular formula is C11H7F5O4. The Hall–Kier alpha value is -2.32. The van der Waals surface area contributed by atoms with Gasteiger partial charge in [-0.05, 0) is 23.8 Å². The Morgan fingerprint density at radius 3 is 2.30 bits per heavy atom. The van der Waals surface area contributed by atoms with Gasteiger partial charge < -0.3 is 14.6 Å². The fraction of sp³-hybridized carbons (Fsp3) is 0.182. The zero-order chi connectivity index (χ0) is 15.3. The second kappa shape index (κ2) is 6.22. The van der Waals surface area contributed by atoms with Crippen LogP contribution in [0.25, 0.3) is 6.08 Å². The molecular weight excluding hydrogens is 291 g/mol. The largest absolute Gasteiger partial charge is 0.573 e. The van der Waals surface area contributed by atoms with E-state index < -0.39 is 30.4 Å². The summed E-state index contributed by atoms with van der Waals surface area (Å²) in [5, 5.41) is 8.40. The van der Waals surface area contributed by atoms with Crippen molar-refractivity contribution in [3.8, 4) is 11.5 Å². The molecule has 0 saturated carbocycles. The summed E-state index contributed by atoms with van der Waals surface area (Å²) in [5.74, 6) is -2.75. The number of rotatable bonds is 5. The van der Waals surface area contributed by atoms with Crippen LogP contribution in [0.1, 0.15) is 5.56 Å². The molecule has 0 aliphatic heterocycles. The van der Waals surface area contributed by atoms with E-state index in [4.69, 9.17) is 5.11 Å². The van der Waals surface area contributed by atoms with E-state index in [2.05, 4.69) is 9.47 Å². The molecule has 0 radical (unpaired) electrons. The number of hydrogen-bond acceptors (Lipinski definition) is 3. The Bertz CT molecular complexity index is 510. The van der Waals surface area contributed by atoms with E-state index >= 15 is 0 Å². The topological polar surface area (TPSA) is 55.8 Å². The van der Waals surface area contributed by atoms with Crippen LogP contribution in [-0.4, -0.2) is 24.0 Å². The minimum atomic E-state index is -5.02. The van der Waals surface area contributed by atoms with Crippen LogP contribution in [0.15, 0.2) is 24.3 Å². The number of ether oxygens (including phenoxy) is 2. The van der Waals surface area contributed by atoms with Crippen molar-refractivity contribution in [1.82, 2.24) is 0 Å². The summed E-state index contributed by atoms with van der Waals surface area (Å²) in [6, 6.07) is 2.37. The first-order valence-corrected chi connectivity index (χ1v) is 4.92. The van der Waals surface area contributed by atoms with Crippen molar-refractivity contribution in [2.45, 2.75) is 13.0 Å². The molecule has 0 fully saturated rings. The van der Waals surface area contributed by atoms with Crippen LogP contribution in [0.5, 0.6) is 11.5 Å². The van der Waals surface area contributed by atoms with Crippen LogP contribution in [-0.2, 0) is 4.79 Å². The summed E-state index contributed by atoms with van der Waals surface area (Å²) in [6.45, 7) is -3.24. The van der Waals surface area contributed by atoms with Crippen molar-refractivity contribution < 1.29 is 41.3 Å². The van der Waals surface area contributed by atoms with E-state index in [0.717, 1.165) is 18.2 Å². The summed E-state index contributed by atoms with van der Waals surface area (Å²) in [6.07, 6.45) is -3.49. The lowest BCUT2D eigenvalue weighted by Crippen LogP contribution is -2.17. The molecule has 9 heteroatoms. The van der Waals surface area contributed by atoms with Gasteiger partial charge in [0.25, 0.3) is 0 Å². The van der Waals surface area contributed by atoms with E-state index in [9.17, 15) is 26.7 Å². The predicted molar refractivity (Wildman–Crippen MR) is 56.4 cm³/mol. The maximum Gasteiger partial charge on any atom is 0.573 e. The third-order valence-electron chi connectivity index (χ3n) is 1.78. The van der Waals surface area contributed by atoms with Crippen molar-refractivity contribution in [2.75, 3.05) is 0 Å². The number of carboxylic acid groups (broad SMARTS) is 1. The van der Waals surface area contributed by atoms with Crippen molar-refractivity contribution in [2.24, 2.45) is 0 Å². The molecule has 0 aromatic heterocycles. The zero-order valence-corrected chi connectivity index (χ0v) is 9.53. The lowest BCUT2D eigenvalue weighted by molar-refractivity contribution is -0.274. The highest BCUT2D eigenvalue weighted by molar-refractivity contribution is 5.85. The van der Waals surface area contributed by atoms with E-state index in [1.165, 1.54) is 0 Å². The summed E-state index contributed by atoms with van der Waals surface area (Å²) in [4.78, 5) is 10.3. The van der Waals surface area contributed by atoms with Crippen LogP contribution in [0.2, 0.25) is 0 Å². The smallest absolute Gasteiger partial charge is 0.478 e. The molecule has 0 saturated heterocycles. The first-order valence-electron chi connectivity index (χ1n) is 4.92. The lowest BCUT2D eigenvalue weighted by atomic mass is 10.2. The highest BCUT2D eigenvalue weighted by Gasteiger charge is 2.31. The number of benzene rings is 1. The molecule has 0 aliphatic rings. The molecule has 0 aliphatic carbocycles. The SMILES string of the molecule is O=C(O)/C=C/c1cc(OC(F)F)cc(OC(F)(F)F)c1. The number of hydrogen-bond donors (Lipinski definition) is 1. The van der Waals surface area contributed by atoms with Gasteiger partial charge in [0.1, 0.15) is 11.5 Å². The number of alkyl halides is 5. The number of carbonyl (C=O) groups is 1. The van der Waals surface area contributed by atoms with Crippen LogP contribution in [0.4, 0.5) is 22.0 Å². The average molecular weight is 298 g/mol. The Morgan fingerprint density at radius 2 is 1.80 bits per heavy atom. The third-order valence-corrected chi connectivity index (χ3v) is 1.78. The van der Waals surface area contributed by atoms with Crippen molar-refractivity contribution >= 4 is 12.0 Å². The van der Waals surface area contributed by atoms with Gasteiger partial charge in [-0.25, -0.2) is 4.79 Å². The second-order valence-electron chi connectivity index (χ2n) is 3.34. The number of halogens is 5. The number of carboxylic acids is 1. The monoisotopic (exact) mass is 298 g/mol. The third kappa shape index (κ3) is 6.03. The van der Waals surface area contributed by atoms with Crippen molar-refractivity contribution in [3.05, 3.63) is 29.8 Å². The van der Waals surface area contributed by atoms with Crippen LogP contribution >= 0.6 is 0 Å². The Kier molecular flexibility index (Phi) is 4.89. The van der Waals surface area contributed by atoms with Crippen LogP contribution in [0, 0.1) is 0 Å². The molecule has 0 spiro atoms. The van der Waals surface area contributed by atoms with Gasteiger partial charge in [0.15, 0.2) is 0 Å². The van der Waals surface area contributed by atoms with Crippen molar-refractivity contribution in [1.29, 1.82) is 0 Å². The maximum absolute atomic E-state index is 12.1. The molecule has 0 heterocycles. The first kappa shape index (κ1) is 15.7. The molecule has 20 heavy (non-hydrogen) atoms. The zero-order valence-electron chi connectivity index (χ0n) is 9.53. The summed E-state index contributed by atoms with van der Waals surface area (Å²) in [5.41, 5.74) is -0.107. The van der Waals surface area contributed by atoms with Gasteiger partial charge in [-0.2, -0.15) is 8.78 Å². The molecule has 4 nitrogen and oxygen atoms in total. The van der Waals surface area contributed by atoms with E-state index in [0.29, 0.717) is 12.1 Å². The molecule has 1 N–H and O–H groups in total. The van der Waals surface area contributed by atoms with Gasteiger partial charge in [-0.3, -0.25) is 0 Å². The molecule has 0 bridgehead atoms. The van der Waals surface area contributed by atoms with Gasteiger partial charge in [-0.1, -0.05) is 0 Å². The predicted octanol–water partition coefficient (Wildman–Crippen LogP) is 3.28. The Balaban J connectivity index is 3.10. The standard InChI is InChI=1S/C11H7F5O4/c12-10(13)19-7-3-6(1-2-9(17)18)4-8(5-7)20-11(14,15)16/h1-5,10H,(H,17,18)/b2-1+. The fourth-order valence-corrected chi connectivity index (χ4v) is 1.22. The first-order chi connectivity index (χ1) is 9.15. The molecule has 0 amide bonds. The van der Waals surface area contributed by atoms with Crippen molar-refractivity contribution in [3.63, 3.8) is 0 Å². The average Bonchev–Trinajstić information content (AvgIpc) is 2.22. The summed E-state index contributed by atoms with van der Waals surface area (Å²) < 4.78 is 67.8. The molecule has 1 rings (SSSR count). The normalized spacial score (nSPS) is 11.9. The quantitative estimate of drug-likeness (QED) is 0.669. The summed E-state index contributed by atoms with van der Waals surface area (Å²) in [7, 11) is 0. The highest BCUT2D eigenvalue weighted by Crippen LogP contribution is 2.29. The Morgan fingerprint density at radius 1 is 1.20 bits per heavy atom. The molecule has 0 atom stereocenters. The fourth-order valence-electron chi connectivity index (χ4n) is 1.22. The van der Waals surface area contributed by atoms with E-state index in [-0.39, 0.29) is 5.56 Å². The van der Waals surface area contributed by atoms with Crippen LogP contribution in [0.3, 0.4) is 0 Å². The van der Waals surface area contributed by atoms with E-state index in [1.807, 2.05) is 0 Å². The van der Waals surface area contributed by atoms with Gasteiger partial charge in [0.05, 0.1) is 0 Å². The summed E-state index contributed by atoms with van der Waals surface area (Å²) >= 11 is 0. The van der Waals surface area contributed by atoms with Gasteiger partial charge in [0, 0.05) is 12.1 Å². The van der Waals surface area contributed by atoms with Gasteiger partial charge in [0.2, 0.25) is 0 Å². The number of aliphatic carboxylic acids is 1. The minimum absolute atomic E-state index is 0.107. The Labute approximate surface area is 109 Å². The minimum Gasteiger partial charge on any atom is -0.478 e. The van der Waals surface area contributed by atoms with Gasteiger partial charge in [-0.15, -0.1) is 13.2 Å². The molecule has 1 aromatic carbocycles. The molecule has 0 unspecified atom stereocenters. The van der Waals surface area contributed by atoms with Gasteiger partial charge >= 0.3 is 18.9 Å². The highest BCUT2D eigenvalue weighted by atomic mass is 19.4.